The van der Waals surface area contributed by atoms with Gasteiger partial charge in [0.25, 0.3) is 0 Å². The molecule has 0 aliphatic heterocycles. The van der Waals surface area contributed by atoms with Crippen molar-refractivity contribution in [2.45, 2.75) is 129 Å². The molecule has 0 aliphatic carbocycles. The molecule has 3 N–H and O–H groups in total. The van der Waals surface area contributed by atoms with E-state index in [1.165, 1.54) is 64.2 Å². The van der Waals surface area contributed by atoms with Crippen LogP contribution in [0.2, 0.25) is 0 Å². The van der Waals surface area contributed by atoms with E-state index in [1.807, 2.05) is 0 Å². The van der Waals surface area contributed by atoms with Crippen LogP contribution in [-0.2, 0) is 32.7 Å². The van der Waals surface area contributed by atoms with Crippen LogP contribution < -0.4 is 5.73 Å². The second-order valence-electron chi connectivity index (χ2n) is 9.58. The minimum Gasteiger partial charge on any atom is -0.462 e. The minimum absolute atomic E-state index is 0.0527. The Morgan fingerprint density at radius 2 is 1.34 bits per heavy atom. The molecule has 0 bridgehead atoms. The van der Waals surface area contributed by atoms with Crippen molar-refractivity contribution < 1.29 is 37.6 Å². The predicted molar refractivity (Wildman–Crippen MR) is 151 cm³/mol. The van der Waals surface area contributed by atoms with Crippen LogP contribution in [0, 0.1) is 0 Å². The Hall–Kier alpha value is -1.25. The van der Waals surface area contributed by atoms with Gasteiger partial charge in [-0.2, -0.15) is 0 Å². The average molecular weight is 564 g/mol. The van der Waals surface area contributed by atoms with Gasteiger partial charge in [-0.15, -0.1) is 0 Å². The number of carbonyl (C=O) groups is 2. The van der Waals surface area contributed by atoms with Crippen molar-refractivity contribution in [2.75, 3.05) is 26.4 Å². The Morgan fingerprint density at radius 3 is 1.89 bits per heavy atom. The highest BCUT2D eigenvalue weighted by Crippen LogP contribution is 2.43. The summed E-state index contributed by atoms with van der Waals surface area (Å²) >= 11 is 0. The molecule has 0 saturated heterocycles. The maximum atomic E-state index is 12.2. The molecule has 0 fully saturated rings. The lowest BCUT2D eigenvalue weighted by Gasteiger charge is -2.19. The summed E-state index contributed by atoms with van der Waals surface area (Å²) in [5, 5.41) is 0. The van der Waals surface area contributed by atoms with E-state index in [4.69, 9.17) is 19.7 Å². The van der Waals surface area contributed by atoms with Crippen molar-refractivity contribution in [3.05, 3.63) is 12.2 Å². The molecular formula is C28H54NO8P. The smallest absolute Gasteiger partial charge is 0.462 e. The molecular weight excluding hydrogens is 509 g/mol. The number of phosphoric ester groups is 1. The highest BCUT2D eigenvalue weighted by molar-refractivity contribution is 7.47. The first-order valence-electron chi connectivity index (χ1n) is 14.7. The maximum absolute atomic E-state index is 12.2. The maximum Gasteiger partial charge on any atom is 0.472 e. The zero-order valence-electron chi connectivity index (χ0n) is 23.9. The van der Waals surface area contributed by atoms with Crippen molar-refractivity contribution in [2.24, 2.45) is 5.73 Å². The number of esters is 2. The molecule has 9 nitrogen and oxygen atoms in total. The number of rotatable bonds is 27. The molecule has 0 rings (SSSR count). The van der Waals surface area contributed by atoms with Crippen LogP contribution in [0.15, 0.2) is 12.2 Å². The van der Waals surface area contributed by atoms with E-state index in [-0.39, 0.29) is 32.6 Å². The third-order valence-corrected chi connectivity index (χ3v) is 6.94. The van der Waals surface area contributed by atoms with Crippen molar-refractivity contribution >= 4 is 19.8 Å². The van der Waals surface area contributed by atoms with E-state index >= 15 is 0 Å². The van der Waals surface area contributed by atoms with Crippen LogP contribution >= 0.6 is 7.82 Å². The lowest BCUT2D eigenvalue weighted by Crippen LogP contribution is -2.29. The van der Waals surface area contributed by atoms with E-state index in [0.29, 0.717) is 6.42 Å². The van der Waals surface area contributed by atoms with Crippen LogP contribution in [0.5, 0.6) is 0 Å². The summed E-state index contributed by atoms with van der Waals surface area (Å²) < 4.78 is 31.6. The van der Waals surface area contributed by atoms with Crippen molar-refractivity contribution in [3.63, 3.8) is 0 Å². The molecule has 0 aromatic rings. The van der Waals surface area contributed by atoms with E-state index in [0.717, 1.165) is 25.7 Å². The summed E-state index contributed by atoms with van der Waals surface area (Å²) in [5.74, 6) is -0.934. The Balaban J connectivity index is 3.91. The summed E-state index contributed by atoms with van der Waals surface area (Å²) in [6.07, 6.45) is 22.0. The number of ether oxygens (including phenoxy) is 2. The molecule has 0 amide bonds. The van der Waals surface area contributed by atoms with Gasteiger partial charge >= 0.3 is 19.8 Å². The van der Waals surface area contributed by atoms with Crippen LogP contribution in [0.1, 0.15) is 123 Å². The minimum atomic E-state index is -4.33. The Labute approximate surface area is 230 Å². The highest BCUT2D eigenvalue weighted by atomic mass is 31.2. The molecule has 0 saturated carbocycles. The van der Waals surface area contributed by atoms with E-state index in [1.54, 1.807) is 6.92 Å². The largest absolute Gasteiger partial charge is 0.472 e. The fourth-order valence-corrected chi connectivity index (χ4v) is 4.49. The molecule has 2 unspecified atom stereocenters. The van der Waals surface area contributed by atoms with Crippen LogP contribution in [0.4, 0.5) is 0 Å². The quantitative estimate of drug-likeness (QED) is 0.0481. The molecule has 0 spiro atoms. The van der Waals surface area contributed by atoms with Crippen molar-refractivity contribution in [1.82, 2.24) is 0 Å². The normalized spacial score (nSPS) is 13.9. The van der Waals surface area contributed by atoms with E-state index in [2.05, 4.69) is 23.6 Å². The summed E-state index contributed by atoms with van der Waals surface area (Å²) in [7, 11) is -4.33. The molecule has 0 aromatic heterocycles. The Bertz CT molecular complexity index is 659. The highest BCUT2D eigenvalue weighted by Gasteiger charge is 2.25. The lowest BCUT2D eigenvalue weighted by atomic mass is 10.1. The lowest BCUT2D eigenvalue weighted by molar-refractivity contribution is -0.161. The number of nitrogens with two attached hydrogens (primary N) is 1. The van der Waals surface area contributed by atoms with E-state index < -0.39 is 32.5 Å². The predicted octanol–water partition coefficient (Wildman–Crippen LogP) is 6.76. The van der Waals surface area contributed by atoms with Crippen LogP contribution in [0.25, 0.3) is 0 Å². The van der Waals surface area contributed by atoms with E-state index in [9.17, 15) is 19.0 Å². The third kappa shape index (κ3) is 25.1. The van der Waals surface area contributed by atoms with Gasteiger partial charge in [-0.25, -0.2) is 4.57 Å². The van der Waals surface area contributed by atoms with Crippen LogP contribution in [-0.4, -0.2) is 49.3 Å². The third-order valence-electron chi connectivity index (χ3n) is 5.96. The Kier molecular flexibility index (Phi) is 25.1. The van der Waals surface area contributed by atoms with Gasteiger partial charge in [-0.05, 0) is 32.1 Å². The molecule has 38 heavy (non-hydrogen) atoms. The summed E-state index contributed by atoms with van der Waals surface area (Å²) in [4.78, 5) is 33.3. The number of allylic oxidation sites excluding steroid dienone is 2. The van der Waals surface area contributed by atoms with Crippen molar-refractivity contribution in [3.8, 4) is 0 Å². The van der Waals surface area contributed by atoms with Gasteiger partial charge < -0.3 is 20.1 Å². The molecule has 0 heterocycles. The molecule has 0 radical (unpaired) electrons. The van der Waals surface area contributed by atoms with Crippen LogP contribution in [0.3, 0.4) is 0 Å². The topological polar surface area (TPSA) is 134 Å². The number of unbranched alkanes of at least 4 members (excludes halogenated alkanes) is 13. The number of hydrogen-bond acceptors (Lipinski definition) is 8. The monoisotopic (exact) mass is 563 g/mol. The molecule has 0 aliphatic rings. The van der Waals surface area contributed by atoms with Crippen molar-refractivity contribution in [1.29, 1.82) is 0 Å². The Morgan fingerprint density at radius 1 is 0.789 bits per heavy atom. The first-order chi connectivity index (χ1) is 18.3. The van der Waals surface area contributed by atoms with Gasteiger partial charge in [-0.1, -0.05) is 90.2 Å². The zero-order valence-corrected chi connectivity index (χ0v) is 24.8. The first kappa shape index (κ1) is 36.8. The molecule has 224 valence electrons. The van der Waals surface area contributed by atoms with Gasteiger partial charge in [-0.3, -0.25) is 18.6 Å². The fraction of sp³-hybridized carbons (Fsp3) is 0.857. The van der Waals surface area contributed by atoms with Gasteiger partial charge in [0.1, 0.15) is 6.61 Å². The van der Waals surface area contributed by atoms with Gasteiger partial charge in [0.05, 0.1) is 13.2 Å². The zero-order chi connectivity index (χ0) is 28.3. The summed E-state index contributed by atoms with van der Waals surface area (Å²) in [6.45, 7) is 3.09. The average Bonchev–Trinajstić information content (AvgIpc) is 2.90. The summed E-state index contributed by atoms with van der Waals surface area (Å²) in [5.41, 5.74) is 5.25. The number of hydrogen-bond donors (Lipinski definition) is 2. The first-order valence-corrected chi connectivity index (χ1v) is 16.2. The summed E-state index contributed by atoms with van der Waals surface area (Å²) in [6, 6.07) is 0. The number of carbonyl (C=O) groups excluding carboxylic acids is 2. The molecule has 0 aromatic carbocycles. The number of phosphoric acid groups is 1. The van der Waals surface area contributed by atoms with Gasteiger partial charge in [0.15, 0.2) is 6.10 Å². The van der Waals surface area contributed by atoms with Gasteiger partial charge in [0, 0.05) is 19.4 Å². The molecule has 2 atom stereocenters. The second kappa shape index (κ2) is 26.0. The molecule has 10 heteroatoms. The SMILES string of the molecule is CCCCCCCC/C=C\CCCCCCCCCC(=O)OC(COC(=O)CC)COP(=O)(O)OCCN. The standard InChI is InChI=1S/C28H54NO8P/c1-3-5-6-7-8-9-10-11-12-13-14-15-16-17-18-19-20-21-28(31)37-26(24-34-27(30)4-2)25-36-38(32,33)35-23-22-29/h11-12,26H,3-10,13-25,29H2,1-2H3,(H,32,33)/b12-11-. The van der Waals surface area contributed by atoms with Gasteiger partial charge in [0.2, 0.25) is 0 Å². The second-order valence-corrected chi connectivity index (χ2v) is 11.0. The fourth-order valence-electron chi connectivity index (χ4n) is 3.73.